The predicted octanol–water partition coefficient (Wildman–Crippen LogP) is 2.43. The van der Waals surface area contributed by atoms with Gasteiger partial charge in [0.1, 0.15) is 0 Å². The maximum absolute atomic E-state index is 5.85. The molecule has 0 saturated heterocycles. The second kappa shape index (κ2) is 3.99. The van der Waals surface area contributed by atoms with Crippen LogP contribution in [-0.4, -0.2) is 11.0 Å². The van der Waals surface area contributed by atoms with E-state index in [0.717, 1.165) is 6.42 Å². The minimum atomic E-state index is 0.197. The summed E-state index contributed by atoms with van der Waals surface area (Å²) < 4.78 is 0. The Labute approximate surface area is 90.1 Å². The molecule has 0 bridgehead atoms. The lowest BCUT2D eigenvalue weighted by molar-refractivity contribution is 0.741. The van der Waals surface area contributed by atoms with Gasteiger partial charge < -0.3 is 5.73 Å². The molecule has 2 N–H and O–H groups in total. The molecular formula is C13H16N2. The van der Waals surface area contributed by atoms with Gasteiger partial charge in [-0.2, -0.15) is 0 Å². The number of aromatic nitrogens is 1. The van der Waals surface area contributed by atoms with E-state index < -0.39 is 0 Å². The maximum atomic E-state index is 5.85. The molecule has 0 radical (unpaired) electrons. The fourth-order valence-corrected chi connectivity index (χ4v) is 2.02. The van der Waals surface area contributed by atoms with Crippen molar-refractivity contribution in [2.45, 2.75) is 26.3 Å². The molecule has 0 spiro atoms. The van der Waals surface area contributed by atoms with Crippen LogP contribution in [0.5, 0.6) is 0 Å². The number of hydrogen-bond donors (Lipinski definition) is 1. The number of hydrogen-bond acceptors (Lipinski definition) is 2. The Balaban J connectivity index is 2.63. The second-order valence-corrected chi connectivity index (χ2v) is 4.15. The van der Waals surface area contributed by atoms with Crippen molar-refractivity contribution in [2.75, 3.05) is 0 Å². The highest BCUT2D eigenvalue weighted by molar-refractivity contribution is 5.87. The van der Waals surface area contributed by atoms with Crippen LogP contribution in [0.4, 0.5) is 0 Å². The number of rotatable bonds is 2. The minimum Gasteiger partial charge on any atom is -0.328 e. The van der Waals surface area contributed by atoms with E-state index in [1.54, 1.807) is 0 Å². The summed E-state index contributed by atoms with van der Waals surface area (Å²) in [4.78, 5) is 4.20. The SMILES string of the molecule is Cc1cncc2cccc(CC(C)N)c12. The van der Waals surface area contributed by atoms with Gasteiger partial charge in [-0.3, -0.25) is 4.98 Å². The third kappa shape index (κ3) is 2.00. The largest absolute Gasteiger partial charge is 0.328 e. The van der Waals surface area contributed by atoms with E-state index in [-0.39, 0.29) is 6.04 Å². The Kier molecular flexibility index (Phi) is 2.69. The molecule has 0 aliphatic heterocycles. The lowest BCUT2D eigenvalue weighted by atomic mass is 9.98. The highest BCUT2D eigenvalue weighted by Gasteiger charge is 2.05. The first-order chi connectivity index (χ1) is 7.18. The maximum Gasteiger partial charge on any atom is 0.0346 e. The summed E-state index contributed by atoms with van der Waals surface area (Å²) in [6.45, 7) is 4.13. The van der Waals surface area contributed by atoms with Crippen molar-refractivity contribution in [3.05, 3.63) is 41.7 Å². The fraction of sp³-hybridized carbons (Fsp3) is 0.308. The molecule has 2 rings (SSSR count). The van der Waals surface area contributed by atoms with Gasteiger partial charge in [-0.1, -0.05) is 18.2 Å². The Bertz CT molecular complexity index is 470. The van der Waals surface area contributed by atoms with E-state index in [2.05, 4.69) is 30.1 Å². The highest BCUT2D eigenvalue weighted by atomic mass is 14.6. The topological polar surface area (TPSA) is 38.9 Å². The van der Waals surface area contributed by atoms with Crippen molar-refractivity contribution < 1.29 is 0 Å². The van der Waals surface area contributed by atoms with Gasteiger partial charge in [0.05, 0.1) is 0 Å². The number of aryl methyl sites for hydroxylation is 1. The Morgan fingerprint density at radius 3 is 2.87 bits per heavy atom. The summed E-state index contributed by atoms with van der Waals surface area (Å²) in [5, 5.41) is 2.51. The second-order valence-electron chi connectivity index (χ2n) is 4.15. The van der Waals surface area contributed by atoms with Crippen LogP contribution in [-0.2, 0) is 6.42 Å². The molecule has 0 fully saturated rings. The van der Waals surface area contributed by atoms with Crippen molar-refractivity contribution in [3.8, 4) is 0 Å². The zero-order valence-electron chi connectivity index (χ0n) is 9.20. The van der Waals surface area contributed by atoms with Crippen molar-refractivity contribution in [3.63, 3.8) is 0 Å². The Hall–Kier alpha value is -1.41. The lowest BCUT2D eigenvalue weighted by Crippen LogP contribution is -2.18. The van der Waals surface area contributed by atoms with Crippen LogP contribution >= 0.6 is 0 Å². The molecule has 2 aromatic rings. The molecule has 78 valence electrons. The Morgan fingerprint density at radius 1 is 1.33 bits per heavy atom. The normalized spacial score (nSPS) is 13.0. The van der Waals surface area contributed by atoms with E-state index in [0.29, 0.717) is 0 Å². The van der Waals surface area contributed by atoms with Crippen LogP contribution in [0.15, 0.2) is 30.6 Å². The monoisotopic (exact) mass is 200 g/mol. The number of pyridine rings is 1. The molecule has 2 heteroatoms. The summed E-state index contributed by atoms with van der Waals surface area (Å²) in [7, 11) is 0. The zero-order valence-corrected chi connectivity index (χ0v) is 9.20. The van der Waals surface area contributed by atoms with Crippen molar-refractivity contribution in [1.29, 1.82) is 0 Å². The summed E-state index contributed by atoms with van der Waals surface area (Å²) in [5.41, 5.74) is 8.40. The van der Waals surface area contributed by atoms with Gasteiger partial charge in [0.25, 0.3) is 0 Å². The standard InChI is InChI=1S/C13H16N2/c1-9-7-15-8-12-5-3-4-11(13(9)12)6-10(2)14/h3-5,7-8,10H,6,14H2,1-2H3. The van der Waals surface area contributed by atoms with Gasteiger partial charge in [-0.05, 0) is 36.8 Å². The summed E-state index contributed by atoms with van der Waals surface area (Å²) in [5.74, 6) is 0. The molecule has 0 saturated carbocycles. The first kappa shape index (κ1) is 10.1. The van der Waals surface area contributed by atoms with E-state index in [9.17, 15) is 0 Å². The van der Waals surface area contributed by atoms with Gasteiger partial charge in [0.15, 0.2) is 0 Å². The molecular weight excluding hydrogens is 184 g/mol. The number of nitrogens with zero attached hydrogens (tertiary/aromatic N) is 1. The van der Waals surface area contributed by atoms with Gasteiger partial charge in [-0.25, -0.2) is 0 Å². The highest BCUT2D eigenvalue weighted by Crippen LogP contribution is 2.22. The van der Waals surface area contributed by atoms with Crippen LogP contribution < -0.4 is 5.73 Å². The van der Waals surface area contributed by atoms with Crippen molar-refractivity contribution in [2.24, 2.45) is 5.73 Å². The first-order valence-electron chi connectivity index (χ1n) is 5.26. The van der Waals surface area contributed by atoms with E-state index >= 15 is 0 Å². The van der Waals surface area contributed by atoms with Crippen LogP contribution in [0.2, 0.25) is 0 Å². The van der Waals surface area contributed by atoms with Gasteiger partial charge in [-0.15, -0.1) is 0 Å². The minimum absolute atomic E-state index is 0.197. The van der Waals surface area contributed by atoms with Gasteiger partial charge in [0.2, 0.25) is 0 Å². The van der Waals surface area contributed by atoms with Crippen LogP contribution in [0.25, 0.3) is 10.8 Å². The molecule has 1 atom stereocenters. The summed E-state index contributed by atoms with van der Waals surface area (Å²) in [6, 6.07) is 6.52. The number of nitrogens with two attached hydrogens (primary N) is 1. The Morgan fingerprint density at radius 2 is 2.13 bits per heavy atom. The molecule has 1 unspecified atom stereocenters. The quantitative estimate of drug-likeness (QED) is 0.808. The van der Waals surface area contributed by atoms with E-state index in [1.165, 1.54) is 21.9 Å². The smallest absolute Gasteiger partial charge is 0.0346 e. The average molecular weight is 200 g/mol. The molecule has 1 aromatic carbocycles. The van der Waals surface area contributed by atoms with Gasteiger partial charge >= 0.3 is 0 Å². The lowest BCUT2D eigenvalue weighted by Gasteiger charge is -2.10. The molecule has 0 aliphatic rings. The predicted molar refractivity (Wildman–Crippen MR) is 63.8 cm³/mol. The molecule has 1 heterocycles. The summed E-state index contributed by atoms with van der Waals surface area (Å²) in [6.07, 6.45) is 4.74. The first-order valence-corrected chi connectivity index (χ1v) is 5.26. The summed E-state index contributed by atoms with van der Waals surface area (Å²) >= 11 is 0. The number of benzene rings is 1. The van der Waals surface area contributed by atoms with Gasteiger partial charge in [0, 0.05) is 23.8 Å². The van der Waals surface area contributed by atoms with Crippen LogP contribution in [0.3, 0.4) is 0 Å². The van der Waals surface area contributed by atoms with E-state index in [1.807, 2.05) is 19.3 Å². The van der Waals surface area contributed by atoms with Crippen molar-refractivity contribution in [1.82, 2.24) is 4.98 Å². The molecule has 2 nitrogen and oxygen atoms in total. The van der Waals surface area contributed by atoms with Crippen LogP contribution in [0.1, 0.15) is 18.1 Å². The van der Waals surface area contributed by atoms with Crippen LogP contribution in [0, 0.1) is 6.92 Å². The fourth-order valence-electron chi connectivity index (χ4n) is 2.02. The van der Waals surface area contributed by atoms with Crippen molar-refractivity contribution >= 4 is 10.8 Å². The molecule has 15 heavy (non-hydrogen) atoms. The zero-order chi connectivity index (χ0) is 10.8. The number of fused-ring (bicyclic) bond motifs is 1. The third-order valence-corrected chi connectivity index (χ3v) is 2.60. The molecule has 1 aromatic heterocycles. The third-order valence-electron chi connectivity index (χ3n) is 2.60. The molecule has 0 aliphatic carbocycles. The average Bonchev–Trinajstić information content (AvgIpc) is 2.17. The molecule has 0 amide bonds. The van der Waals surface area contributed by atoms with E-state index in [4.69, 9.17) is 5.73 Å².